The molecule has 1 unspecified atom stereocenters. The van der Waals surface area contributed by atoms with Crippen molar-refractivity contribution in [3.63, 3.8) is 0 Å². The van der Waals surface area contributed by atoms with Gasteiger partial charge in [-0.3, -0.25) is 9.79 Å². The second-order valence-corrected chi connectivity index (χ2v) is 8.11. The first-order chi connectivity index (χ1) is 13.3. The van der Waals surface area contributed by atoms with Crippen LogP contribution < -0.4 is 0 Å². The number of nitrogens with zero attached hydrogens (tertiary/aromatic N) is 4. The van der Waals surface area contributed by atoms with E-state index in [1.54, 1.807) is 11.8 Å². The molecule has 0 N–H and O–H groups in total. The molecule has 0 aliphatic carbocycles. The van der Waals surface area contributed by atoms with Crippen molar-refractivity contribution in [3.05, 3.63) is 41.3 Å². The number of carbonyl (C=O) groups excluding carboxylic acids is 1. The summed E-state index contributed by atoms with van der Waals surface area (Å²) in [5.41, 5.74) is 2.80. The van der Waals surface area contributed by atoms with Crippen LogP contribution in [0.25, 0.3) is 11.1 Å². The quantitative estimate of drug-likeness (QED) is 0.812. The molecular weight excluding hydrogens is 360 g/mol. The fourth-order valence-electron chi connectivity index (χ4n) is 4.01. The number of fused-ring (bicyclic) bond motifs is 2. The Kier molecular flexibility index (Phi) is 4.39. The number of hydrogen-bond acceptors (Lipinski definition) is 6. The molecule has 1 aromatic carbocycles. The van der Waals surface area contributed by atoms with Crippen molar-refractivity contribution in [2.45, 2.75) is 31.6 Å². The number of oxazole rings is 1. The number of thioether (sulfide) groups is 1. The lowest BCUT2D eigenvalue weighted by Crippen LogP contribution is -2.40. The summed E-state index contributed by atoms with van der Waals surface area (Å²) in [7, 11) is 0. The number of aromatic nitrogens is 1. The van der Waals surface area contributed by atoms with E-state index in [4.69, 9.17) is 4.42 Å². The number of rotatable bonds is 3. The van der Waals surface area contributed by atoms with Gasteiger partial charge in [-0.2, -0.15) is 0 Å². The fraction of sp³-hybridized carbons (Fsp3) is 0.450. The van der Waals surface area contributed by atoms with Crippen LogP contribution in [0.5, 0.6) is 0 Å². The van der Waals surface area contributed by atoms with Crippen LogP contribution in [0.3, 0.4) is 0 Å². The second-order valence-electron chi connectivity index (χ2n) is 7.27. The highest BCUT2D eigenvalue weighted by molar-refractivity contribution is 8.16. The van der Waals surface area contributed by atoms with Crippen molar-refractivity contribution >= 4 is 33.9 Å². The molecule has 140 valence electrons. The topological polar surface area (TPSA) is 61.9 Å². The van der Waals surface area contributed by atoms with Crippen molar-refractivity contribution in [1.29, 1.82) is 0 Å². The van der Waals surface area contributed by atoms with Gasteiger partial charge in [0.15, 0.2) is 16.6 Å². The van der Waals surface area contributed by atoms with E-state index in [0.717, 1.165) is 66.8 Å². The summed E-state index contributed by atoms with van der Waals surface area (Å²) in [5, 5.41) is 3.14. The number of aliphatic imine (C=N–C) groups is 1. The smallest absolute Gasteiger partial charge is 0.228 e. The lowest BCUT2D eigenvalue weighted by molar-refractivity contribution is -0.132. The molecule has 1 atom stereocenters. The van der Waals surface area contributed by atoms with E-state index in [1.165, 1.54) is 0 Å². The van der Waals surface area contributed by atoms with E-state index >= 15 is 0 Å². The van der Waals surface area contributed by atoms with Gasteiger partial charge >= 0.3 is 0 Å². The molecule has 0 spiro atoms. The van der Waals surface area contributed by atoms with E-state index in [0.29, 0.717) is 13.0 Å². The number of para-hydroxylation sites is 2. The third kappa shape index (κ3) is 3.25. The van der Waals surface area contributed by atoms with Gasteiger partial charge in [-0.05, 0) is 36.8 Å². The van der Waals surface area contributed by atoms with Crippen molar-refractivity contribution in [2.75, 3.05) is 26.2 Å². The van der Waals surface area contributed by atoms with E-state index in [9.17, 15) is 4.79 Å². The summed E-state index contributed by atoms with van der Waals surface area (Å²) < 4.78 is 5.95. The summed E-state index contributed by atoms with van der Waals surface area (Å²) in [4.78, 5) is 26.3. The van der Waals surface area contributed by atoms with Crippen LogP contribution in [0.2, 0.25) is 0 Å². The minimum atomic E-state index is 0.175. The van der Waals surface area contributed by atoms with Gasteiger partial charge in [-0.25, -0.2) is 4.98 Å². The normalized spacial score (nSPS) is 22.6. The van der Waals surface area contributed by atoms with Crippen molar-refractivity contribution in [2.24, 2.45) is 4.99 Å². The maximum atomic E-state index is 12.9. The molecule has 27 heavy (non-hydrogen) atoms. The van der Waals surface area contributed by atoms with E-state index in [2.05, 4.69) is 20.3 Å². The highest BCUT2D eigenvalue weighted by atomic mass is 32.2. The number of hydrogen-bond donors (Lipinski definition) is 0. The lowest BCUT2D eigenvalue weighted by atomic mass is 9.97. The number of carbonyl (C=O) groups is 1. The lowest BCUT2D eigenvalue weighted by Gasteiger charge is -2.32. The molecule has 0 radical (unpaired) electrons. The number of piperidine rings is 1. The zero-order chi connectivity index (χ0) is 18.2. The summed E-state index contributed by atoms with van der Waals surface area (Å²) in [5.74, 6) is 1.12. The van der Waals surface area contributed by atoms with E-state index < -0.39 is 0 Å². The van der Waals surface area contributed by atoms with Gasteiger partial charge in [0.2, 0.25) is 5.91 Å². The largest absolute Gasteiger partial charge is 0.440 e. The zero-order valence-corrected chi connectivity index (χ0v) is 16.0. The Morgan fingerprint density at radius 3 is 3.11 bits per heavy atom. The van der Waals surface area contributed by atoms with Crippen molar-refractivity contribution in [1.82, 2.24) is 14.8 Å². The van der Waals surface area contributed by atoms with Gasteiger partial charge < -0.3 is 14.2 Å². The molecule has 3 aliphatic rings. The molecule has 1 saturated heterocycles. The highest BCUT2D eigenvalue weighted by Crippen LogP contribution is 2.33. The second kappa shape index (κ2) is 7.03. The number of likely N-dealkylation sites (tertiary alicyclic amines) is 1. The molecule has 0 bridgehead atoms. The minimum Gasteiger partial charge on any atom is -0.440 e. The third-order valence-corrected chi connectivity index (χ3v) is 6.38. The van der Waals surface area contributed by atoms with E-state index in [1.807, 2.05) is 29.2 Å². The third-order valence-electron chi connectivity index (χ3n) is 5.43. The average molecular weight is 382 g/mol. The van der Waals surface area contributed by atoms with Gasteiger partial charge in [0, 0.05) is 31.9 Å². The van der Waals surface area contributed by atoms with Crippen LogP contribution in [0.4, 0.5) is 0 Å². The SMILES string of the molecule is O=C(CC1=CSC2=NCCCN12)N1CCCC(c2nc3ccccc3o2)C1. The zero-order valence-electron chi connectivity index (χ0n) is 15.1. The van der Waals surface area contributed by atoms with Crippen LogP contribution in [-0.2, 0) is 4.79 Å². The Morgan fingerprint density at radius 1 is 1.26 bits per heavy atom. The molecular formula is C20H22N4O2S. The maximum Gasteiger partial charge on any atom is 0.228 e. The van der Waals surface area contributed by atoms with Crippen LogP contribution in [0.1, 0.15) is 37.5 Å². The van der Waals surface area contributed by atoms with Crippen molar-refractivity contribution < 1.29 is 9.21 Å². The molecule has 0 saturated carbocycles. The Morgan fingerprint density at radius 2 is 2.19 bits per heavy atom. The number of amides is 1. The first-order valence-corrected chi connectivity index (χ1v) is 10.5. The number of amidine groups is 1. The molecule has 3 aliphatic heterocycles. The van der Waals surface area contributed by atoms with Crippen LogP contribution >= 0.6 is 11.8 Å². The Labute approximate surface area is 162 Å². The first kappa shape index (κ1) is 16.9. The Bertz CT molecular complexity index is 902. The molecule has 4 heterocycles. The van der Waals surface area contributed by atoms with Gasteiger partial charge in [0.25, 0.3) is 0 Å². The van der Waals surface area contributed by atoms with Crippen LogP contribution in [-0.4, -0.2) is 52.0 Å². The predicted molar refractivity (Wildman–Crippen MR) is 106 cm³/mol. The van der Waals surface area contributed by atoms with Crippen LogP contribution in [0, 0.1) is 0 Å². The molecule has 1 aromatic heterocycles. The molecule has 2 aromatic rings. The predicted octanol–water partition coefficient (Wildman–Crippen LogP) is 3.57. The Hall–Kier alpha value is -2.28. The fourth-order valence-corrected chi connectivity index (χ4v) is 4.96. The molecule has 5 rings (SSSR count). The first-order valence-electron chi connectivity index (χ1n) is 9.59. The number of benzene rings is 1. The average Bonchev–Trinajstić information content (AvgIpc) is 3.32. The summed E-state index contributed by atoms with van der Waals surface area (Å²) >= 11 is 1.64. The molecule has 1 amide bonds. The van der Waals surface area contributed by atoms with Crippen LogP contribution in [0.15, 0.2) is 44.8 Å². The van der Waals surface area contributed by atoms with Gasteiger partial charge in [-0.1, -0.05) is 23.9 Å². The van der Waals surface area contributed by atoms with Gasteiger partial charge in [0.1, 0.15) is 5.52 Å². The molecule has 1 fully saturated rings. The Balaban J connectivity index is 1.27. The van der Waals surface area contributed by atoms with Crippen molar-refractivity contribution in [3.8, 4) is 0 Å². The van der Waals surface area contributed by atoms with E-state index in [-0.39, 0.29) is 11.8 Å². The van der Waals surface area contributed by atoms with Gasteiger partial charge in [0.05, 0.1) is 12.3 Å². The maximum absolute atomic E-state index is 12.9. The van der Waals surface area contributed by atoms with Gasteiger partial charge in [-0.15, -0.1) is 0 Å². The molecule has 6 nitrogen and oxygen atoms in total. The summed E-state index contributed by atoms with van der Waals surface area (Å²) in [6, 6.07) is 7.84. The summed E-state index contributed by atoms with van der Waals surface area (Å²) in [6.45, 7) is 3.37. The standard InChI is InChI=1S/C20H22N4O2S/c25-18(11-15-13-27-20-21-8-4-10-24(15)20)23-9-3-5-14(12-23)19-22-16-6-1-2-7-17(16)26-19/h1-2,6-7,13-14H,3-5,8-12H2. The minimum absolute atomic E-state index is 0.175. The highest BCUT2D eigenvalue weighted by Gasteiger charge is 2.31. The molecule has 7 heteroatoms. The monoisotopic (exact) mass is 382 g/mol. The summed E-state index contributed by atoms with van der Waals surface area (Å²) in [6.07, 6.45) is 3.50.